The molecule has 0 saturated heterocycles. The van der Waals surface area contributed by atoms with Crippen LogP contribution in [0.3, 0.4) is 0 Å². The molecule has 0 heterocycles. The number of amides is 2. The van der Waals surface area contributed by atoms with Crippen LogP contribution in [0.15, 0.2) is 34.8 Å². The largest absolute Gasteiger partial charge is 0.504 e. The molecule has 2 aromatic carbocycles. The monoisotopic (exact) mass is 568 g/mol. The van der Waals surface area contributed by atoms with E-state index in [1.165, 1.54) is 14.2 Å². The molecule has 0 fully saturated rings. The normalized spacial score (nSPS) is 12.6. The Morgan fingerprint density at radius 1 is 0.889 bits per heavy atom. The maximum absolute atomic E-state index is 13.4. The molecule has 0 bridgehead atoms. The summed E-state index contributed by atoms with van der Waals surface area (Å²) in [5, 5.41) is 25.4. The second-order valence-corrected chi connectivity index (χ2v) is 9.38. The van der Waals surface area contributed by atoms with Crippen molar-refractivity contribution in [2.75, 3.05) is 21.3 Å². The Hall–Kier alpha value is -3.67. The van der Waals surface area contributed by atoms with Gasteiger partial charge in [0.25, 0.3) is 0 Å². The van der Waals surface area contributed by atoms with Crippen molar-refractivity contribution in [3.63, 3.8) is 0 Å². The number of esters is 1. The summed E-state index contributed by atoms with van der Waals surface area (Å²) in [4.78, 5) is 38.5. The molecule has 0 aromatic heterocycles. The molecule has 2 aromatic rings. The van der Waals surface area contributed by atoms with E-state index in [0.29, 0.717) is 15.8 Å². The number of hydrogen-bond acceptors (Lipinski definition) is 9. The van der Waals surface area contributed by atoms with Gasteiger partial charge in [-0.3, -0.25) is 4.79 Å². The van der Waals surface area contributed by atoms with E-state index < -0.39 is 47.2 Å². The topological polar surface area (TPSA) is 153 Å². The third kappa shape index (κ3) is 7.17. The lowest BCUT2D eigenvalue weighted by molar-refractivity contribution is -0.145. The zero-order valence-electron chi connectivity index (χ0n) is 20.7. The Morgan fingerprint density at radius 2 is 1.50 bits per heavy atom. The number of methoxy groups -OCH3 is 3. The van der Waals surface area contributed by atoms with Crippen LogP contribution < -0.4 is 20.1 Å². The number of benzene rings is 2. The van der Waals surface area contributed by atoms with Gasteiger partial charge in [-0.05, 0) is 72.1 Å². The summed E-state index contributed by atoms with van der Waals surface area (Å²) in [5.74, 6) is -2.29. The molecule has 2 atom stereocenters. The standard InChI is InChI=1S/C24H29BrN2O9/c1-24(2,3)36-23(32)27-18(13-10-15(28)20(34-5)16(29)11-13)21(30)26-19(22(31)35-6)12-7-8-17(33-4)14(25)9-12/h7-11,18-19,28-29H,1-6H3,(H,26,30)(H,27,32)/t18-,19-/m1/s1. The molecule has 196 valence electrons. The number of hydrogen-bond donors (Lipinski definition) is 4. The molecule has 12 heteroatoms. The van der Waals surface area contributed by atoms with Crippen LogP contribution in [0.2, 0.25) is 0 Å². The number of phenolic OH excluding ortho intramolecular Hbond substituents is 2. The van der Waals surface area contributed by atoms with E-state index in [1.807, 2.05) is 0 Å². The summed E-state index contributed by atoms with van der Waals surface area (Å²) in [6.45, 7) is 4.92. The summed E-state index contributed by atoms with van der Waals surface area (Å²) in [5.41, 5.74) is -0.521. The Kier molecular flexibility index (Phi) is 9.40. The summed E-state index contributed by atoms with van der Waals surface area (Å²) >= 11 is 3.34. The number of rotatable bonds is 8. The van der Waals surface area contributed by atoms with Gasteiger partial charge in [0.2, 0.25) is 11.7 Å². The number of halogens is 1. The van der Waals surface area contributed by atoms with Crippen molar-refractivity contribution in [2.24, 2.45) is 0 Å². The zero-order chi connectivity index (χ0) is 27.2. The first-order valence-electron chi connectivity index (χ1n) is 10.6. The fourth-order valence-corrected chi connectivity index (χ4v) is 3.76. The lowest BCUT2D eigenvalue weighted by Crippen LogP contribution is -2.45. The average molecular weight is 569 g/mol. The quantitative estimate of drug-likeness (QED) is 0.350. The predicted molar refractivity (Wildman–Crippen MR) is 132 cm³/mol. The maximum Gasteiger partial charge on any atom is 0.408 e. The fraction of sp³-hybridized carbons (Fsp3) is 0.375. The van der Waals surface area contributed by atoms with Gasteiger partial charge in [0, 0.05) is 0 Å². The Labute approximate surface area is 216 Å². The number of nitrogens with one attached hydrogen (secondary N) is 2. The Bertz CT molecular complexity index is 1110. The van der Waals surface area contributed by atoms with Crippen molar-refractivity contribution in [3.8, 4) is 23.0 Å². The predicted octanol–water partition coefficient (Wildman–Crippen LogP) is 3.47. The first-order chi connectivity index (χ1) is 16.8. The molecule has 0 aliphatic carbocycles. The highest BCUT2D eigenvalue weighted by Gasteiger charge is 2.32. The molecule has 0 aliphatic heterocycles. The van der Waals surface area contributed by atoms with E-state index in [-0.39, 0.29) is 11.3 Å². The number of phenols is 2. The molecule has 11 nitrogen and oxygen atoms in total. The van der Waals surface area contributed by atoms with Crippen molar-refractivity contribution in [3.05, 3.63) is 45.9 Å². The van der Waals surface area contributed by atoms with Gasteiger partial charge in [-0.2, -0.15) is 0 Å². The van der Waals surface area contributed by atoms with Crippen LogP contribution in [-0.2, 0) is 19.1 Å². The van der Waals surface area contributed by atoms with E-state index >= 15 is 0 Å². The Morgan fingerprint density at radius 3 is 1.97 bits per heavy atom. The SMILES string of the molecule is COC(=O)[C@H](NC(=O)[C@H](NC(=O)OC(C)(C)C)c1cc(O)c(OC)c(O)c1)c1ccc(OC)c(Br)c1. The Balaban J connectivity index is 2.49. The van der Waals surface area contributed by atoms with Gasteiger partial charge >= 0.3 is 12.1 Å². The van der Waals surface area contributed by atoms with Gasteiger partial charge in [-0.25, -0.2) is 9.59 Å². The van der Waals surface area contributed by atoms with E-state index in [1.54, 1.807) is 39.0 Å². The van der Waals surface area contributed by atoms with Gasteiger partial charge < -0.3 is 39.8 Å². The van der Waals surface area contributed by atoms with Crippen LogP contribution in [0.1, 0.15) is 44.0 Å². The molecule has 2 amide bonds. The molecule has 0 spiro atoms. The summed E-state index contributed by atoms with van der Waals surface area (Å²) in [6.07, 6.45) is -0.945. The summed E-state index contributed by atoms with van der Waals surface area (Å²) < 4.78 is 20.8. The molecular weight excluding hydrogens is 540 g/mol. The molecule has 4 N–H and O–H groups in total. The van der Waals surface area contributed by atoms with Crippen LogP contribution in [0.4, 0.5) is 4.79 Å². The second-order valence-electron chi connectivity index (χ2n) is 8.53. The minimum absolute atomic E-state index is 0.00585. The van der Waals surface area contributed by atoms with Gasteiger partial charge in [-0.15, -0.1) is 0 Å². The first kappa shape index (κ1) is 28.6. The minimum atomic E-state index is -1.49. The summed E-state index contributed by atoms with van der Waals surface area (Å²) in [6, 6.07) is 4.24. The van der Waals surface area contributed by atoms with Gasteiger partial charge in [0.1, 0.15) is 17.4 Å². The number of alkyl carbamates (subject to hydrolysis) is 1. The maximum atomic E-state index is 13.4. The zero-order valence-corrected chi connectivity index (χ0v) is 22.3. The highest BCUT2D eigenvalue weighted by Crippen LogP contribution is 2.38. The minimum Gasteiger partial charge on any atom is -0.504 e. The van der Waals surface area contributed by atoms with Crippen molar-refractivity contribution >= 4 is 33.9 Å². The van der Waals surface area contributed by atoms with Crippen LogP contribution in [0, 0.1) is 0 Å². The molecule has 0 saturated carbocycles. The van der Waals surface area contributed by atoms with Crippen molar-refractivity contribution in [1.29, 1.82) is 0 Å². The van der Waals surface area contributed by atoms with Gasteiger partial charge in [0.05, 0.1) is 25.8 Å². The fourth-order valence-electron chi connectivity index (χ4n) is 3.21. The molecule has 36 heavy (non-hydrogen) atoms. The highest BCUT2D eigenvalue weighted by atomic mass is 79.9. The van der Waals surface area contributed by atoms with Crippen LogP contribution >= 0.6 is 15.9 Å². The van der Waals surface area contributed by atoms with Crippen molar-refractivity contribution in [2.45, 2.75) is 38.5 Å². The number of aromatic hydroxyl groups is 2. The lowest BCUT2D eigenvalue weighted by Gasteiger charge is -2.25. The third-order valence-electron chi connectivity index (χ3n) is 4.77. The van der Waals surface area contributed by atoms with Crippen LogP contribution in [0.25, 0.3) is 0 Å². The van der Waals surface area contributed by atoms with Crippen molar-refractivity contribution in [1.82, 2.24) is 10.6 Å². The van der Waals surface area contributed by atoms with E-state index in [2.05, 4.69) is 26.6 Å². The number of ether oxygens (including phenoxy) is 4. The number of carbonyl (C=O) groups excluding carboxylic acids is 3. The summed E-state index contributed by atoms with van der Waals surface area (Å²) in [7, 11) is 3.88. The van der Waals surface area contributed by atoms with E-state index in [0.717, 1.165) is 19.2 Å². The average Bonchev–Trinajstić information content (AvgIpc) is 2.78. The lowest BCUT2D eigenvalue weighted by atomic mass is 10.0. The smallest absolute Gasteiger partial charge is 0.408 e. The van der Waals surface area contributed by atoms with Gasteiger partial charge in [0.15, 0.2) is 17.5 Å². The highest BCUT2D eigenvalue weighted by molar-refractivity contribution is 9.10. The number of carbonyl (C=O) groups is 3. The molecule has 0 aliphatic rings. The third-order valence-corrected chi connectivity index (χ3v) is 5.39. The second kappa shape index (κ2) is 11.8. The molecule has 2 rings (SSSR count). The molecule has 0 radical (unpaired) electrons. The van der Waals surface area contributed by atoms with E-state index in [9.17, 15) is 24.6 Å². The van der Waals surface area contributed by atoms with Gasteiger partial charge in [-0.1, -0.05) is 6.07 Å². The van der Waals surface area contributed by atoms with Crippen LogP contribution in [0.5, 0.6) is 23.0 Å². The van der Waals surface area contributed by atoms with E-state index in [4.69, 9.17) is 18.9 Å². The molecule has 0 unspecified atom stereocenters. The molecular formula is C24H29BrN2O9. The first-order valence-corrected chi connectivity index (χ1v) is 11.4. The van der Waals surface area contributed by atoms with Crippen molar-refractivity contribution < 1.29 is 43.5 Å². The van der Waals surface area contributed by atoms with Crippen LogP contribution in [-0.4, -0.2) is 55.1 Å².